The first kappa shape index (κ1) is 58.0. The van der Waals surface area contributed by atoms with Crippen LogP contribution in [0.15, 0.2) is 328 Å². The predicted octanol–water partition coefficient (Wildman–Crippen LogP) is 22.4. The molecule has 0 aliphatic carbocycles. The quantitative estimate of drug-likeness (QED) is 0.120. The zero-order chi connectivity index (χ0) is 65.6. The molecular formula is C90H54N8. The number of nitriles is 3. The Hall–Kier alpha value is -13.8. The highest BCUT2D eigenvalue weighted by atomic mass is 15.1. The van der Waals surface area contributed by atoms with Crippen molar-refractivity contribution in [1.82, 2.24) is 24.1 Å². The molecule has 3 aromatic heterocycles. The van der Waals surface area contributed by atoms with E-state index in [-0.39, 0.29) is 0 Å². The summed E-state index contributed by atoms with van der Waals surface area (Å²) >= 11 is 0. The SMILES string of the molecule is N#Cc1ccc(-c2cccc(-c3nc(-c4ccc(-c5cccc(C#N)c5)cc4-n4c5ccc(-c6ccccc6)cc5c5cc(-c6ccccc6)ccc54)nc(-c4ccc(-c5cccc(C#N)c5)cc4-n4c5ccc(-c6ccccc6)cc5c5cc(-c6ccccc6)ccc54)n3)c2)cc1. The summed E-state index contributed by atoms with van der Waals surface area (Å²) < 4.78 is 4.69. The third-order valence-electron chi connectivity index (χ3n) is 18.7. The molecule has 8 heteroatoms. The van der Waals surface area contributed by atoms with Gasteiger partial charge in [0, 0.05) is 38.2 Å². The van der Waals surface area contributed by atoms with Crippen molar-refractivity contribution in [2.24, 2.45) is 0 Å². The van der Waals surface area contributed by atoms with E-state index in [0.29, 0.717) is 34.2 Å². The number of nitrogens with zero attached hydrogens (tertiary/aromatic N) is 8. The predicted molar refractivity (Wildman–Crippen MR) is 397 cm³/mol. The molecule has 17 rings (SSSR count). The van der Waals surface area contributed by atoms with E-state index in [4.69, 9.17) is 15.0 Å². The van der Waals surface area contributed by atoms with Gasteiger partial charge in [-0.2, -0.15) is 15.8 Å². The number of hydrogen-bond donors (Lipinski definition) is 0. The van der Waals surface area contributed by atoms with Crippen LogP contribution in [-0.2, 0) is 0 Å². The van der Waals surface area contributed by atoms with Gasteiger partial charge in [-0.15, -0.1) is 0 Å². The Morgan fingerprint density at radius 2 is 0.480 bits per heavy atom. The molecule has 0 bridgehead atoms. The van der Waals surface area contributed by atoms with Crippen LogP contribution in [0.3, 0.4) is 0 Å². The van der Waals surface area contributed by atoms with Gasteiger partial charge in [0.25, 0.3) is 0 Å². The lowest BCUT2D eigenvalue weighted by molar-refractivity contribution is 1.06. The molecular weight excluding hydrogens is 1190 g/mol. The van der Waals surface area contributed by atoms with Crippen molar-refractivity contribution >= 4 is 43.6 Å². The highest BCUT2D eigenvalue weighted by molar-refractivity contribution is 6.14. The van der Waals surface area contributed by atoms with Gasteiger partial charge in [-0.1, -0.05) is 212 Å². The smallest absolute Gasteiger partial charge is 0.166 e. The first-order valence-corrected chi connectivity index (χ1v) is 32.5. The summed E-state index contributed by atoms with van der Waals surface area (Å²) in [7, 11) is 0. The third kappa shape index (κ3) is 10.6. The van der Waals surface area contributed by atoms with E-state index in [2.05, 4.69) is 246 Å². The minimum Gasteiger partial charge on any atom is -0.308 e. The molecule has 3 heterocycles. The molecule has 0 radical (unpaired) electrons. The molecule has 0 N–H and O–H groups in total. The second-order valence-electron chi connectivity index (χ2n) is 24.5. The molecule has 0 amide bonds. The van der Waals surface area contributed by atoms with Crippen LogP contribution in [0.4, 0.5) is 0 Å². The summed E-state index contributed by atoms with van der Waals surface area (Å²) in [4.78, 5) is 17.0. The highest BCUT2D eigenvalue weighted by Crippen LogP contribution is 2.45. The second kappa shape index (κ2) is 24.6. The largest absolute Gasteiger partial charge is 0.308 e. The van der Waals surface area contributed by atoms with Crippen LogP contribution >= 0.6 is 0 Å². The fourth-order valence-corrected chi connectivity index (χ4v) is 13.8. The Kier molecular flexibility index (Phi) is 14.5. The van der Waals surface area contributed by atoms with E-state index >= 15 is 0 Å². The molecule has 0 aliphatic rings. The van der Waals surface area contributed by atoms with Gasteiger partial charge in [0.15, 0.2) is 17.5 Å². The Morgan fingerprint density at radius 1 is 0.204 bits per heavy atom. The van der Waals surface area contributed by atoms with E-state index < -0.39 is 0 Å². The van der Waals surface area contributed by atoms with Gasteiger partial charge in [0.2, 0.25) is 0 Å². The molecule has 0 saturated carbocycles. The van der Waals surface area contributed by atoms with Crippen LogP contribution in [-0.4, -0.2) is 24.1 Å². The first-order chi connectivity index (χ1) is 48.4. The summed E-state index contributed by atoms with van der Waals surface area (Å²) in [6, 6.07) is 120. The zero-order valence-electron chi connectivity index (χ0n) is 52.8. The van der Waals surface area contributed by atoms with E-state index in [1.165, 1.54) is 0 Å². The van der Waals surface area contributed by atoms with Crippen LogP contribution < -0.4 is 0 Å². The molecule has 14 aromatic carbocycles. The van der Waals surface area contributed by atoms with Crippen molar-refractivity contribution in [1.29, 1.82) is 15.8 Å². The number of aromatic nitrogens is 5. The standard InChI is InChI=1S/C90H54N8/c91-55-58-30-32-65(33-31-58)68-28-15-29-75(48-68)88-94-89(76-40-34-73(66-26-13-16-59(46-66)56-92)53-86(76)97-82-42-36-69(61-18-5-1-6-19-61)49-78(82)79-50-70(37-43-83(79)97)62-20-7-2-8-21-62)96-90(95-88)77-41-35-74(67-27-14-17-60(47-67)57-93)54-87(77)98-84-44-38-71(63-22-9-3-10-23-63)51-80(84)81-52-72(39-45-85(81)98)64-24-11-4-12-25-64/h1-54H. The van der Waals surface area contributed by atoms with Crippen molar-refractivity contribution in [3.8, 4) is 142 Å². The fourth-order valence-electron chi connectivity index (χ4n) is 13.8. The summed E-state index contributed by atoms with van der Waals surface area (Å²) in [5.74, 6) is 1.30. The first-order valence-electron chi connectivity index (χ1n) is 32.5. The lowest BCUT2D eigenvalue weighted by Gasteiger charge is -2.18. The molecule has 0 atom stereocenters. The Bertz CT molecular complexity index is 5610. The number of hydrogen-bond acceptors (Lipinski definition) is 6. The van der Waals surface area contributed by atoms with Gasteiger partial charge >= 0.3 is 0 Å². The zero-order valence-corrected chi connectivity index (χ0v) is 52.8. The molecule has 0 unspecified atom stereocenters. The lowest BCUT2D eigenvalue weighted by atomic mass is 9.99. The van der Waals surface area contributed by atoms with Gasteiger partial charge in [-0.3, -0.25) is 0 Å². The van der Waals surface area contributed by atoms with Gasteiger partial charge in [-0.25, -0.2) is 15.0 Å². The topological polar surface area (TPSA) is 120 Å². The lowest BCUT2D eigenvalue weighted by Crippen LogP contribution is -2.06. The van der Waals surface area contributed by atoms with Crippen LogP contribution in [0, 0.1) is 34.0 Å². The van der Waals surface area contributed by atoms with Crippen LogP contribution in [0.1, 0.15) is 16.7 Å². The van der Waals surface area contributed by atoms with Crippen molar-refractivity contribution < 1.29 is 0 Å². The molecule has 0 fully saturated rings. The molecule has 0 aliphatic heterocycles. The average molecular weight is 1250 g/mol. The van der Waals surface area contributed by atoms with Crippen molar-refractivity contribution in [3.05, 3.63) is 344 Å². The number of fused-ring (bicyclic) bond motifs is 6. The van der Waals surface area contributed by atoms with Crippen molar-refractivity contribution in [2.45, 2.75) is 0 Å². The Balaban J connectivity index is 0.962. The van der Waals surface area contributed by atoms with Crippen molar-refractivity contribution in [2.75, 3.05) is 0 Å². The Labute approximate surface area is 566 Å². The highest BCUT2D eigenvalue weighted by Gasteiger charge is 2.25. The number of benzene rings is 14. The normalized spacial score (nSPS) is 11.2. The van der Waals surface area contributed by atoms with E-state index in [1.807, 2.05) is 109 Å². The molecule has 0 saturated heterocycles. The van der Waals surface area contributed by atoms with Crippen molar-refractivity contribution in [3.63, 3.8) is 0 Å². The average Bonchev–Trinajstić information content (AvgIpc) is 1.56. The molecule has 98 heavy (non-hydrogen) atoms. The summed E-state index contributed by atoms with van der Waals surface area (Å²) in [6.07, 6.45) is 0. The van der Waals surface area contributed by atoms with E-state index in [1.54, 1.807) is 0 Å². The van der Waals surface area contributed by atoms with Crippen LogP contribution in [0.2, 0.25) is 0 Å². The third-order valence-corrected chi connectivity index (χ3v) is 18.7. The van der Waals surface area contributed by atoms with Gasteiger partial charge in [0.1, 0.15) is 0 Å². The second-order valence-corrected chi connectivity index (χ2v) is 24.5. The van der Waals surface area contributed by atoms with Crippen LogP contribution in [0.5, 0.6) is 0 Å². The monoisotopic (exact) mass is 1250 g/mol. The maximum atomic E-state index is 10.3. The maximum Gasteiger partial charge on any atom is 0.166 e. The molecule has 454 valence electrons. The minimum absolute atomic E-state index is 0.428. The Morgan fingerprint density at radius 3 is 0.847 bits per heavy atom. The van der Waals surface area contributed by atoms with E-state index in [9.17, 15) is 15.8 Å². The maximum absolute atomic E-state index is 10.3. The van der Waals surface area contributed by atoms with Crippen LogP contribution in [0.25, 0.3) is 167 Å². The minimum atomic E-state index is 0.428. The summed E-state index contributed by atoms with van der Waals surface area (Å²) in [5, 5.41) is 34.7. The summed E-state index contributed by atoms with van der Waals surface area (Å²) in [6.45, 7) is 0. The van der Waals surface area contributed by atoms with Gasteiger partial charge in [-0.05, 0) is 193 Å². The van der Waals surface area contributed by atoms with Gasteiger partial charge < -0.3 is 9.13 Å². The fraction of sp³-hybridized carbons (Fsp3) is 0. The molecule has 8 nitrogen and oxygen atoms in total. The molecule has 17 aromatic rings. The van der Waals surface area contributed by atoms with E-state index in [0.717, 1.165) is 150 Å². The number of rotatable bonds is 12. The summed E-state index contributed by atoms with van der Waals surface area (Å²) in [5.41, 5.74) is 23.7. The van der Waals surface area contributed by atoms with Gasteiger partial charge in [0.05, 0.1) is 68.3 Å². The molecule has 0 spiro atoms.